The van der Waals surface area contributed by atoms with E-state index in [2.05, 4.69) is 106 Å². The van der Waals surface area contributed by atoms with Gasteiger partial charge in [-0.15, -0.1) is 5.10 Å². The Labute approximate surface area is 179 Å². The topological polar surface area (TPSA) is 44.6 Å². The highest BCUT2D eigenvalue weighted by Gasteiger charge is 2.50. The maximum Gasteiger partial charge on any atom is 0.242 e. The van der Waals surface area contributed by atoms with Crippen LogP contribution in [-0.2, 0) is 0 Å². The van der Waals surface area contributed by atoms with Crippen molar-refractivity contribution in [1.29, 1.82) is 0 Å². The molecule has 0 radical (unpaired) electrons. The number of benzene rings is 3. The second-order valence-electron chi connectivity index (χ2n) is 8.01. The Morgan fingerprint density at radius 3 is 1.60 bits per heavy atom. The third kappa shape index (κ3) is 3.51. The summed E-state index contributed by atoms with van der Waals surface area (Å²) in [6, 6.07) is 32.7. The van der Waals surface area contributed by atoms with Gasteiger partial charge in [0.25, 0.3) is 0 Å². The van der Waals surface area contributed by atoms with E-state index < -0.39 is 7.26 Å². The van der Waals surface area contributed by atoms with Crippen LogP contribution in [0.2, 0.25) is 0 Å². The van der Waals surface area contributed by atoms with Gasteiger partial charge in [-0.2, -0.15) is 0 Å². The van der Waals surface area contributed by atoms with Crippen molar-refractivity contribution in [3.63, 3.8) is 0 Å². The zero-order valence-electron chi connectivity index (χ0n) is 17.1. The van der Waals surface area contributed by atoms with Gasteiger partial charge >= 0.3 is 0 Å². The smallest absolute Gasteiger partial charge is 0.242 e. The van der Waals surface area contributed by atoms with Crippen LogP contribution in [0, 0.1) is 0 Å². The summed E-state index contributed by atoms with van der Waals surface area (Å²) in [6.07, 6.45) is 3.20. The SMILES string of the molecule is NC(C[P+](c1ccccc1)(c1ccccc1)c1ccccc1)N1N=C1N1CCCC1. The quantitative estimate of drug-likeness (QED) is 0.630. The highest BCUT2D eigenvalue weighted by molar-refractivity contribution is 7.95. The van der Waals surface area contributed by atoms with Crippen molar-refractivity contribution in [2.24, 2.45) is 10.8 Å². The summed E-state index contributed by atoms with van der Waals surface area (Å²) in [5.74, 6) is 1.08. The standard InChI is InChI=1S/C25H28N4P/c26-24(29-25(27-29)28-18-10-11-19-28)20-30(21-12-4-1-5-13-21,22-14-6-2-7-15-22)23-16-8-3-9-17-23/h1-9,12-17,24H,10-11,18-20,26H2/q+1. The fourth-order valence-corrected chi connectivity index (χ4v) is 8.88. The molecule has 4 nitrogen and oxygen atoms in total. The van der Waals surface area contributed by atoms with Crippen molar-refractivity contribution in [2.45, 2.75) is 19.0 Å². The lowest BCUT2D eigenvalue weighted by Crippen LogP contribution is -2.45. The molecule has 30 heavy (non-hydrogen) atoms. The summed E-state index contributed by atoms with van der Waals surface area (Å²) < 4.78 is 0. The average Bonchev–Trinajstić information content (AvgIpc) is 3.44. The first-order valence-electron chi connectivity index (χ1n) is 10.7. The molecule has 0 amide bonds. The van der Waals surface area contributed by atoms with Gasteiger partial charge in [0, 0.05) is 13.1 Å². The Morgan fingerprint density at radius 1 is 0.733 bits per heavy atom. The second kappa shape index (κ2) is 8.22. The Morgan fingerprint density at radius 2 is 1.17 bits per heavy atom. The van der Waals surface area contributed by atoms with Gasteiger partial charge in [0.15, 0.2) is 0 Å². The van der Waals surface area contributed by atoms with Crippen LogP contribution in [0.25, 0.3) is 0 Å². The van der Waals surface area contributed by atoms with Gasteiger partial charge in [0.1, 0.15) is 35.5 Å². The van der Waals surface area contributed by atoms with E-state index in [9.17, 15) is 0 Å². The van der Waals surface area contributed by atoms with Crippen molar-refractivity contribution in [3.05, 3.63) is 91.0 Å². The summed E-state index contributed by atoms with van der Waals surface area (Å²) in [5, 5.41) is 10.8. The van der Waals surface area contributed by atoms with E-state index in [-0.39, 0.29) is 6.17 Å². The molecule has 1 atom stereocenters. The normalized spacial score (nSPS) is 17.0. The van der Waals surface area contributed by atoms with E-state index in [0.29, 0.717) is 0 Å². The van der Waals surface area contributed by atoms with Crippen LogP contribution in [0.15, 0.2) is 96.1 Å². The van der Waals surface area contributed by atoms with Crippen LogP contribution >= 0.6 is 7.26 Å². The molecule has 1 saturated heterocycles. The molecule has 3 aromatic carbocycles. The molecule has 5 heteroatoms. The van der Waals surface area contributed by atoms with Crippen LogP contribution in [0.3, 0.4) is 0 Å². The summed E-state index contributed by atoms with van der Waals surface area (Å²) in [5.41, 5.74) is 6.85. The first-order chi connectivity index (χ1) is 14.8. The number of nitrogens with zero attached hydrogens (tertiary/aromatic N) is 3. The molecule has 5 rings (SSSR count). The molecule has 0 saturated carbocycles. The minimum atomic E-state index is -1.94. The summed E-state index contributed by atoms with van der Waals surface area (Å²) in [4.78, 5) is 2.37. The maximum atomic E-state index is 6.85. The highest BCUT2D eigenvalue weighted by Crippen LogP contribution is 2.56. The Bertz CT molecular complexity index is 904. The first-order valence-corrected chi connectivity index (χ1v) is 12.7. The lowest BCUT2D eigenvalue weighted by atomic mass is 10.4. The average molecular weight is 416 g/mol. The van der Waals surface area contributed by atoms with Gasteiger partial charge in [0.05, 0.1) is 0 Å². The van der Waals surface area contributed by atoms with Crippen molar-refractivity contribution in [3.8, 4) is 0 Å². The predicted octanol–water partition coefficient (Wildman–Crippen LogP) is 2.95. The minimum absolute atomic E-state index is 0.144. The van der Waals surface area contributed by atoms with Gasteiger partial charge in [-0.1, -0.05) is 54.6 Å². The van der Waals surface area contributed by atoms with Crippen LogP contribution in [0.1, 0.15) is 12.8 Å². The number of hydrogen-bond donors (Lipinski definition) is 1. The number of nitrogens with two attached hydrogens (primary N) is 1. The van der Waals surface area contributed by atoms with Gasteiger partial charge < -0.3 is 10.6 Å². The lowest BCUT2D eigenvalue weighted by molar-refractivity contribution is 0.401. The zero-order valence-corrected chi connectivity index (χ0v) is 18.0. The molecule has 0 spiro atoms. The number of rotatable bonds is 6. The van der Waals surface area contributed by atoms with Crippen LogP contribution in [-0.4, -0.2) is 41.3 Å². The molecule has 2 heterocycles. The van der Waals surface area contributed by atoms with E-state index in [4.69, 9.17) is 5.73 Å². The van der Waals surface area contributed by atoms with Crippen molar-refractivity contribution < 1.29 is 0 Å². The van der Waals surface area contributed by atoms with E-state index in [1.807, 2.05) is 0 Å². The largest absolute Gasteiger partial charge is 0.340 e. The Kier molecular flexibility index (Phi) is 5.28. The highest BCUT2D eigenvalue weighted by atomic mass is 31.2. The van der Waals surface area contributed by atoms with Crippen LogP contribution in [0.5, 0.6) is 0 Å². The molecule has 0 bridgehead atoms. The van der Waals surface area contributed by atoms with Gasteiger partial charge in [-0.25, -0.2) is 5.01 Å². The molecule has 2 N–H and O–H groups in total. The Hall–Kier alpha value is -2.68. The number of hydrazone groups is 1. The fourth-order valence-electron chi connectivity index (χ4n) is 4.59. The molecular formula is C25H28N4P+. The predicted molar refractivity (Wildman–Crippen MR) is 128 cm³/mol. The first kappa shape index (κ1) is 19.3. The molecule has 0 aromatic heterocycles. The molecule has 3 aromatic rings. The molecule has 2 aliphatic rings. The van der Waals surface area contributed by atoms with Gasteiger partial charge in [0.2, 0.25) is 5.96 Å². The molecular weight excluding hydrogens is 387 g/mol. The lowest BCUT2D eigenvalue weighted by Gasteiger charge is -2.30. The van der Waals surface area contributed by atoms with Crippen LogP contribution < -0.4 is 21.6 Å². The third-order valence-electron chi connectivity index (χ3n) is 6.12. The summed E-state index contributed by atoms with van der Waals surface area (Å²) in [7, 11) is -1.94. The second-order valence-corrected chi connectivity index (χ2v) is 11.5. The molecule has 1 fully saturated rings. The van der Waals surface area contributed by atoms with Crippen molar-refractivity contribution in [2.75, 3.05) is 19.3 Å². The minimum Gasteiger partial charge on any atom is -0.340 e. The van der Waals surface area contributed by atoms with Crippen molar-refractivity contribution in [1.82, 2.24) is 9.91 Å². The van der Waals surface area contributed by atoms with E-state index in [1.54, 1.807) is 0 Å². The third-order valence-corrected chi connectivity index (χ3v) is 10.6. The number of likely N-dealkylation sites (tertiary alicyclic amines) is 1. The monoisotopic (exact) mass is 415 g/mol. The summed E-state index contributed by atoms with van der Waals surface area (Å²) in [6.45, 7) is 2.19. The van der Waals surface area contributed by atoms with Gasteiger partial charge in [-0.05, 0) is 49.2 Å². The van der Waals surface area contributed by atoms with Gasteiger partial charge in [-0.3, -0.25) is 0 Å². The van der Waals surface area contributed by atoms with E-state index in [0.717, 1.165) is 25.2 Å². The van der Waals surface area contributed by atoms with E-state index >= 15 is 0 Å². The van der Waals surface area contributed by atoms with Crippen LogP contribution in [0.4, 0.5) is 0 Å². The maximum absolute atomic E-state index is 6.85. The molecule has 2 aliphatic heterocycles. The van der Waals surface area contributed by atoms with E-state index in [1.165, 1.54) is 28.8 Å². The molecule has 0 aliphatic carbocycles. The molecule has 152 valence electrons. The zero-order chi connectivity index (χ0) is 20.4. The number of guanidine groups is 1. The molecule has 1 unspecified atom stereocenters. The fraction of sp³-hybridized carbons (Fsp3) is 0.240. The number of hydrogen-bond acceptors (Lipinski definition) is 4. The summed E-state index contributed by atoms with van der Waals surface area (Å²) >= 11 is 0. The Balaban J connectivity index is 1.56. The van der Waals surface area contributed by atoms with Crippen molar-refractivity contribution >= 4 is 29.1 Å².